The van der Waals surface area contributed by atoms with Gasteiger partial charge in [0.1, 0.15) is 18.5 Å². The third kappa shape index (κ3) is 5.77. The summed E-state index contributed by atoms with van der Waals surface area (Å²) in [5.41, 5.74) is 1.13. The van der Waals surface area contributed by atoms with Crippen LogP contribution in [0.5, 0.6) is 5.75 Å². The van der Waals surface area contributed by atoms with Gasteiger partial charge in [-0.15, -0.1) is 6.42 Å². The minimum Gasteiger partial charge on any atom is -0.481 e. The highest BCUT2D eigenvalue weighted by Crippen LogP contribution is 2.12. The van der Waals surface area contributed by atoms with Crippen LogP contribution < -0.4 is 10.1 Å². The number of carbonyl (C=O) groups excluding carboxylic acids is 1. The van der Waals surface area contributed by atoms with Crippen LogP contribution in [-0.4, -0.2) is 31.8 Å². The van der Waals surface area contributed by atoms with Gasteiger partial charge < -0.3 is 14.8 Å². The molecule has 0 spiro atoms. The van der Waals surface area contributed by atoms with E-state index in [-0.39, 0.29) is 12.5 Å². The molecule has 0 aliphatic heterocycles. The number of ether oxygens (including phenoxy) is 2. The number of hydrogen-bond acceptors (Lipinski definition) is 3. The number of benzene rings is 1. The van der Waals surface area contributed by atoms with Crippen molar-refractivity contribution >= 4 is 5.91 Å². The molecule has 1 N–H and O–H groups in total. The maximum atomic E-state index is 11.6. The van der Waals surface area contributed by atoms with Gasteiger partial charge in [0.15, 0.2) is 0 Å². The van der Waals surface area contributed by atoms with Crippen LogP contribution >= 0.6 is 0 Å². The second-order valence-electron chi connectivity index (χ2n) is 4.28. The van der Waals surface area contributed by atoms with Gasteiger partial charge in [0, 0.05) is 13.2 Å². The Kier molecular flexibility index (Phi) is 7.23. The number of hydrogen-bond donors (Lipinski definition) is 1. The van der Waals surface area contributed by atoms with Crippen molar-refractivity contribution < 1.29 is 14.3 Å². The van der Waals surface area contributed by atoms with Gasteiger partial charge in [0.25, 0.3) is 0 Å². The first-order chi connectivity index (χ1) is 9.67. The van der Waals surface area contributed by atoms with E-state index in [0.29, 0.717) is 13.2 Å². The molecular weight excluding hydrogens is 254 g/mol. The number of carbonyl (C=O) groups is 1. The fourth-order valence-corrected chi connectivity index (χ4v) is 1.68. The molecule has 0 aliphatic carbocycles. The molecule has 0 aromatic heterocycles. The average molecular weight is 275 g/mol. The van der Waals surface area contributed by atoms with Gasteiger partial charge in [0.2, 0.25) is 5.91 Å². The van der Waals surface area contributed by atoms with E-state index in [1.807, 2.05) is 31.2 Å². The summed E-state index contributed by atoms with van der Waals surface area (Å²) in [6, 6.07) is 7.67. The molecule has 0 fully saturated rings. The molecule has 1 aromatic rings. The Morgan fingerprint density at radius 1 is 1.40 bits per heavy atom. The SMILES string of the molecule is C#CCOc1ccc(CCNC(=O)[C@@H](C)OCC)cc1. The highest BCUT2D eigenvalue weighted by Gasteiger charge is 2.11. The fourth-order valence-electron chi connectivity index (χ4n) is 1.68. The van der Waals surface area contributed by atoms with Crippen LogP contribution in [0.2, 0.25) is 0 Å². The molecule has 108 valence electrons. The molecule has 1 rings (SSSR count). The Bertz CT molecular complexity index is 448. The van der Waals surface area contributed by atoms with Gasteiger partial charge in [-0.1, -0.05) is 18.1 Å². The van der Waals surface area contributed by atoms with E-state index < -0.39 is 6.10 Å². The minimum atomic E-state index is -0.403. The first-order valence-electron chi connectivity index (χ1n) is 6.72. The molecule has 0 aliphatic rings. The molecule has 20 heavy (non-hydrogen) atoms. The monoisotopic (exact) mass is 275 g/mol. The number of nitrogens with one attached hydrogen (secondary N) is 1. The molecule has 0 unspecified atom stereocenters. The van der Waals surface area contributed by atoms with Crippen LogP contribution in [0.3, 0.4) is 0 Å². The first kappa shape index (κ1) is 16.1. The second kappa shape index (κ2) is 9.00. The van der Waals surface area contributed by atoms with Gasteiger partial charge in [-0.2, -0.15) is 0 Å². The Balaban J connectivity index is 2.32. The summed E-state index contributed by atoms with van der Waals surface area (Å²) < 4.78 is 10.5. The minimum absolute atomic E-state index is 0.0826. The van der Waals surface area contributed by atoms with E-state index in [1.165, 1.54) is 0 Å². The Morgan fingerprint density at radius 2 is 2.10 bits per heavy atom. The molecule has 0 bridgehead atoms. The lowest BCUT2D eigenvalue weighted by molar-refractivity contribution is -0.131. The molecule has 0 radical (unpaired) electrons. The normalized spacial score (nSPS) is 11.4. The molecule has 1 aromatic carbocycles. The lowest BCUT2D eigenvalue weighted by Crippen LogP contribution is -2.35. The quantitative estimate of drug-likeness (QED) is 0.736. The van der Waals surface area contributed by atoms with E-state index in [1.54, 1.807) is 6.92 Å². The highest BCUT2D eigenvalue weighted by molar-refractivity contribution is 5.80. The van der Waals surface area contributed by atoms with Gasteiger partial charge in [0.05, 0.1) is 0 Å². The van der Waals surface area contributed by atoms with Crippen molar-refractivity contribution in [1.82, 2.24) is 5.32 Å². The van der Waals surface area contributed by atoms with Crippen molar-refractivity contribution in [3.05, 3.63) is 29.8 Å². The average Bonchev–Trinajstić information content (AvgIpc) is 2.46. The van der Waals surface area contributed by atoms with Crippen LogP contribution in [0.1, 0.15) is 19.4 Å². The van der Waals surface area contributed by atoms with Crippen molar-refractivity contribution in [2.75, 3.05) is 19.8 Å². The molecular formula is C16H21NO3. The predicted octanol–water partition coefficient (Wildman–Crippen LogP) is 1.78. The van der Waals surface area contributed by atoms with Gasteiger partial charge in [-0.25, -0.2) is 0 Å². The van der Waals surface area contributed by atoms with Crippen molar-refractivity contribution in [1.29, 1.82) is 0 Å². The molecule has 0 saturated heterocycles. The van der Waals surface area contributed by atoms with Crippen molar-refractivity contribution in [3.63, 3.8) is 0 Å². The predicted molar refractivity (Wildman–Crippen MR) is 78.6 cm³/mol. The topological polar surface area (TPSA) is 47.6 Å². The van der Waals surface area contributed by atoms with Crippen LogP contribution in [0, 0.1) is 12.3 Å². The van der Waals surface area contributed by atoms with Crippen molar-refractivity contribution in [2.45, 2.75) is 26.4 Å². The molecule has 1 amide bonds. The van der Waals surface area contributed by atoms with Crippen molar-refractivity contribution in [3.8, 4) is 18.1 Å². The number of rotatable bonds is 8. The zero-order valence-electron chi connectivity index (χ0n) is 12.0. The van der Waals surface area contributed by atoms with Crippen molar-refractivity contribution in [2.24, 2.45) is 0 Å². The third-order valence-corrected chi connectivity index (χ3v) is 2.74. The maximum Gasteiger partial charge on any atom is 0.248 e. The molecule has 4 heteroatoms. The first-order valence-corrected chi connectivity index (χ1v) is 6.72. The third-order valence-electron chi connectivity index (χ3n) is 2.74. The Morgan fingerprint density at radius 3 is 2.70 bits per heavy atom. The lowest BCUT2D eigenvalue weighted by Gasteiger charge is -2.12. The smallest absolute Gasteiger partial charge is 0.248 e. The summed E-state index contributed by atoms with van der Waals surface area (Å²) in [5, 5.41) is 2.84. The van der Waals surface area contributed by atoms with Crippen LogP contribution in [0.25, 0.3) is 0 Å². The van der Waals surface area contributed by atoms with E-state index >= 15 is 0 Å². The summed E-state index contributed by atoms with van der Waals surface area (Å²) in [7, 11) is 0. The second-order valence-corrected chi connectivity index (χ2v) is 4.28. The lowest BCUT2D eigenvalue weighted by atomic mass is 10.1. The van der Waals surface area contributed by atoms with Crippen LogP contribution in [-0.2, 0) is 16.0 Å². The molecule has 0 saturated carbocycles. The van der Waals surface area contributed by atoms with E-state index in [9.17, 15) is 4.79 Å². The van der Waals surface area contributed by atoms with E-state index in [4.69, 9.17) is 15.9 Å². The highest BCUT2D eigenvalue weighted by atomic mass is 16.5. The zero-order chi connectivity index (χ0) is 14.8. The standard InChI is InChI=1S/C16H21NO3/c1-4-12-20-15-8-6-14(7-9-15)10-11-17-16(18)13(3)19-5-2/h1,6-9,13H,5,10-12H2,2-3H3,(H,17,18)/t13-/m1/s1. The number of amides is 1. The van der Waals surface area contributed by atoms with E-state index in [2.05, 4.69) is 11.2 Å². The largest absolute Gasteiger partial charge is 0.481 e. The summed E-state index contributed by atoms with van der Waals surface area (Å²) in [5.74, 6) is 3.08. The number of terminal acetylenes is 1. The summed E-state index contributed by atoms with van der Waals surface area (Å²) >= 11 is 0. The Hall–Kier alpha value is -1.99. The van der Waals surface area contributed by atoms with Gasteiger partial charge in [-0.05, 0) is 38.0 Å². The van der Waals surface area contributed by atoms with Crippen LogP contribution in [0.4, 0.5) is 0 Å². The fraction of sp³-hybridized carbons (Fsp3) is 0.438. The molecule has 0 heterocycles. The Labute approximate surface area is 120 Å². The van der Waals surface area contributed by atoms with Gasteiger partial charge >= 0.3 is 0 Å². The molecule has 4 nitrogen and oxygen atoms in total. The van der Waals surface area contributed by atoms with Gasteiger partial charge in [-0.3, -0.25) is 4.79 Å². The van der Waals surface area contributed by atoms with E-state index in [0.717, 1.165) is 17.7 Å². The zero-order valence-corrected chi connectivity index (χ0v) is 12.0. The molecule has 1 atom stereocenters. The maximum absolute atomic E-state index is 11.6. The summed E-state index contributed by atoms with van der Waals surface area (Å²) in [6.07, 6.45) is 5.48. The summed E-state index contributed by atoms with van der Waals surface area (Å²) in [4.78, 5) is 11.6. The van der Waals surface area contributed by atoms with Crippen LogP contribution in [0.15, 0.2) is 24.3 Å². The summed E-state index contributed by atoms with van der Waals surface area (Å²) in [6.45, 7) is 5.00.